The highest BCUT2D eigenvalue weighted by Gasteiger charge is 2.37. The topological polar surface area (TPSA) is 102 Å². The van der Waals surface area contributed by atoms with E-state index in [0.717, 1.165) is 0 Å². The molecule has 2 aromatic rings. The zero-order chi connectivity index (χ0) is 17.0. The van der Waals surface area contributed by atoms with Gasteiger partial charge in [0.25, 0.3) is 5.91 Å². The Kier molecular flexibility index (Phi) is 4.48. The fourth-order valence-electron chi connectivity index (χ4n) is 2.37. The van der Waals surface area contributed by atoms with Crippen LogP contribution >= 0.6 is 0 Å². The first-order valence-electron chi connectivity index (χ1n) is 7.31. The second-order valence-electron chi connectivity index (χ2n) is 5.34. The maximum absolute atomic E-state index is 13.7. The van der Waals surface area contributed by atoms with Crippen molar-refractivity contribution >= 4 is 17.6 Å². The first kappa shape index (κ1) is 16.0. The summed E-state index contributed by atoms with van der Waals surface area (Å²) in [5.74, 6) is 0.0800. The molecular weight excluding hydrogens is 313 g/mol. The van der Waals surface area contributed by atoms with Gasteiger partial charge in [0.1, 0.15) is 30.6 Å². The monoisotopic (exact) mass is 329 g/mol. The lowest BCUT2D eigenvalue weighted by atomic mass is 9.97. The summed E-state index contributed by atoms with van der Waals surface area (Å²) in [7, 11) is 0. The van der Waals surface area contributed by atoms with Crippen molar-refractivity contribution in [3.05, 3.63) is 54.0 Å². The third-order valence-electron chi connectivity index (χ3n) is 3.53. The van der Waals surface area contributed by atoms with Crippen molar-refractivity contribution in [2.75, 3.05) is 25.2 Å². The quantitative estimate of drug-likeness (QED) is 0.879. The fourth-order valence-corrected chi connectivity index (χ4v) is 2.37. The molecule has 3 heterocycles. The molecule has 1 aliphatic heterocycles. The van der Waals surface area contributed by atoms with E-state index >= 15 is 0 Å². The van der Waals surface area contributed by atoms with Gasteiger partial charge in [-0.2, -0.15) is 0 Å². The lowest BCUT2D eigenvalue weighted by molar-refractivity contribution is 0.0807. The summed E-state index contributed by atoms with van der Waals surface area (Å²) in [5, 5.41) is 2.63. The molecule has 124 valence electrons. The van der Waals surface area contributed by atoms with Gasteiger partial charge in [0.2, 0.25) is 0 Å². The van der Waals surface area contributed by atoms with E-state index in [9.17, 15) is 9.18 Å². The average molecular weight is 329 g/mol. The number of amidine groups is 1. The van der Waals surface area contributed by atoms with E-state index in [1.165, 1.54) is 6.20 Å². The standard InChI is InChI=1S/C16H16FN5O2/c17-9-16(10-24-8-13(18)22-16)12-5-3-6-14(20-12)21-15(23)11-4-1-2-7-19-11/h1-7H,8-10H2,(H2,18,22)(H,20,21,23). The molecule has 3 N–H and O–H groups in total. The van der Waals surface area contributed by atoms with Gasteiger partial charge in [0, 0.05) is 6.20 Å². The van der Waals surface area contributed by atoms with Gasteiger partial charge in [-0.3, -0.25) is 14.8 Å². The van der Waals surface area contributed by atoms with Crippen molar-refractivity contribution < 1.29 is 13.9 Å². The summed E-state index contributed by atoms with van der Waals surface area (Å²) < 4.78 is 19.0. The first-order valence-corrected chi connectivity index (χ1v) is 7.31. The van der Waals surface area contributed by atoms with Crippen LogP contribution in [-0.4, -0.2) is 41.6 Å². The van der Waals surface area contributed by atoms with Crippen molar-refractivity contribution in [1.29, 1.82) is 0 Å². The van der Waals surface area contributed by atoms with Crippen LogP contribution < -0.4 is 11.1 Å². The van der Waals surface area contributed by atoms with Gasteiger partial charge in [0.15, 0.2) is 5.54 Å². The molecule has 3 rings (SSSR count). The Morgan fingerprint density at radius 1 is 1.33 bits per heavy atom. The van der Waals surface area contributed by atoms with Gasteiger partial charge in [-0.15, -0.1) is 0 Å². The predicted molar refractivity (Wildman–Crippen MR) is 86.5 cm³/mol. The molecule has 1 aliphatic rings. The Balaban J connectivity index is 1.87. The van der Waals surface area contributed by atoms with Crippen LogP contribution in [0.25, 0.3) is 0 Å². The Morgan fingerprint density at radius 3 is 2.92 bits per heavy atom. The minimum atomic E-state index is -1.28. The molecule has 0 bridgehead atoms. The van der Waals surface area contributed by atoms with Crippen LogP contribution in [0.5, 0.6) is 0 Å². The minimum absolute atomic E-state index is 0.0365. The highest BCUT2D eigenvalue weighted by molar-refractivity contribution is 6.02. The molecule has 7 nitrogen and oxygen atoms in total. The molecular formula is C16H16FN5O2. The zero-order valence-corrected chi connectivity index (χ0v) is 12.8. The van der Waals surface area contributed by atoms with E-state index in [-0.39, 0.29) is 30.6 Å². The molecule has 0 saturated carbocycles. The molecule has 0 fully saturated rings. The van der Waals surface area contributed by atoms with E-state index < -0.39 is 18.1 Å². The smallest absolute Gasteiger partial charge is 0.275 e. The van der Waals surface area contributed by atoms with Crippen molar-refractivity contribution in [3.63, 3.8) is 0 Å². The second-order valence-corrected chi connectivity index (χ2v) is 5.34. The van der Waals surface area contributed by atoms with Crippen LogP contribution in [-0.2, 0) is 10.3 Å². The number of halogens is 1. The number of nitrogens with two attached hydrogens (primary N) is 1. The summed E-state index contributed by atoms with van der Waals surface area (Å²) in [4.78, 5) is 24.6. The molecule has 1 amide bonds. The average Bonchev–Trinajstić information content (AvgIpc) is 2.62. The third-order valence-corrected chi connectivity index (χ3v) is 3.53. The van der Waals surface area contributed by atoms with Crippen molar-refractivity contribution in [3.8, 4) is 0 Å². The summed E-state index contributed by atoms with van der Waals surface area (Å²) in [6.45, 7) is -0.606. The lowest BCUT2D eigenvalue weighted by Crippen LogP contribution is -2.42. The van der Waals surface area contributed by atoms with Crippen LogP contribution in [0.4, 0.5) is 10.2 Å². The Bertz CT molecular complexity index is 768. The summed E-state index contributed by atoms with van der Waals surface area (Å²) >= 11 is 0. The largest absolute Gasteiger partial charge is 0.385 e. The number of ether oxygens (including phenoxy) is 1. The molecule has 1 atom stereocenters. The molecule has 0 saturated heterocycles. The number of aliphatic imine (C=N–C) groups is 1. The van der Waals surface area contributed by atoms with Crippen LogP contribution in [0.3, 0.4) is 0 Å². The normalized spacial score (nSPS) is 20.3. The summed E-state index contributed by atoms with van der Waals surface area (Å²) in [6.07, 6.45) is 1.52. The minimum Gasteiger partial charge on any atom is -0.385 e. The number of hydrogen-bond acceptors (Lipinski definition) is 6. The summed E-state index contributed by atoms with van der Waals surface area (Å²) in [6, 6.07) is 9.90. The number of pyridine rings is 2. The van der Waals surface area contributed by atoms with E-state index in [2.05, 4.69) is 20.3 Å². The number of rotatable bonds is 4. The molecule has 0 aromatic carbocycles. The van der Waals surface area contributed by atoms with Gasteiger partial charge in [-0.1, -0.05) is 12.1 Å². The van der Waals surface area contributed by atoms with E-state index in [4.69, 9.17) is 10.5 Å². The van der Waals surface area contributed by atoms with Gasteiger partial charge in [0.05, 0.1) is 12.3 Å². The fraction of sp³-hybridized carbons (Fsp3) is 0.250. The maximum Gasteiger partial charge on any atom is 0.275 e. The van der Waals surface area contributed by atoms with Gasteiger partial charge >= 0.3 is 0 Å². The maximum atomic E-state index is 13.7. The molecule has 0 radical (unpaired) electrons. The molecule has 1 unspecified atom stereocenters. The number of hydrogen-bond donors (Lipinski definition) is 2. The first-order chi connectivity index (χ1) is 11.6. The number of nitrogens with zero attached hydrogens (tertiary/aromatic N) is 3. The molecule has 2 aromatic heterocycles. The number of carbonyl (C=O) groups excluding carboxylic acids is 1. The van der Waals surface area contributed by atoms with Gasteiger partial charge in [-0.25, -0.2) is 9.37 Å². The number of anilines is 1. The van der Waals surface area contributed by atoms with E-state index in [1.54, 1.807) is 36.4 Å². The number of amides is 1. The third kappa shape index (κ3) is 3.23. The molecule has 24 heavy (non-hydrogen) atoms. The lowest BCUT2D eigenvalue weighted by Gasteiger charge is -2.30. The van der Waals surface area contributed by atoms with E-state index in [0.29, 0.717) is 5.69 Å². The number of carbonyl (C=O) groups is 1. The van der Waals surface area contributed by atoms with Crippen LogP contribution in [0.1, 0.15) is 16.2 Å². The highest BCUT2D eigenvalue weighted by atomic mass is 19.1. The highest BCUT2D eigenvalue weighted by Crippen LogP contribution is 2.29. The number of alkyl halides is 1. The molecule has 0 aliphatic carbocycles. The Hall–Kier alpha value is -2.87. The van der Waals surface area contributed by atoms with Crippen molar-refractivity contribution in [2.24, 2.45) is 10.7 Å². The Labute approximate surface area is 137 Å². The van der Waals surface area contributed by atoms with Gasteiger partial charge < -0.3 is 15.8 Å². The van der Waals surface area contributed by atoms with Gasteiger partial charge in [-0.05, 0) is 24.3 Å². The number of aromatic nitrogens is 2. The van der Waals surface area contributed by atoms with Crippen LogP contribution in [0.2, 0.25) is 0 Å². The van der Waals surface area contributed by atoms with Crippen molar-refractivity contribution in [1.82, 2.24) is 9.97 Å². The molecule has 8 heteroatoms. The molecule has 0 spiro atoms. The number of nitrogens with one attached hydrogen (secondary N) is 1. The SMILES string of the molecule is NC1=NC(CF)(c2cccc(NC(=O)c3ccccn3)n2)COC1. The van der Waals surface area contributed by atoms with Crippen molar-refractivity contribution in [2.45, 2.75) is 5.54 Å². The second kappa shape index (κ2) is 6.71. The zero-order valence-electron chi connectivity index (χ0n) is 12.8. The summed E-state index contributed by atoms with van der Waals surface area (Å²) in [5.41, 5.74) is 4.98. The Morgan fingerprint density at radius 2 is 2.21 bits per heavy atom. The predicted octanol–water partition coefficient (Wildman–Crippen LogP) is 1.28. The van der Waals surface area contributed by atoms with Crippen LogP contribution in [0, 0.1) is 0 Å². The van der Waals surface area contributed by atoms with Crippen LogP contribution in [0.15, 0.2) is 47.6 Å². The van der Waals surface area contributed by atoms with E-state index in [1.807, 2.05) is 0 Å².